The second-order valence-electron chi connectivity index (χ2n) is 7.90. The van der Waals surface area contributed by atoms with Gasteiger partial charge in [-0.25, -0.2) is 4.39 Å². The second kappa shape index (κ2) is 7.39. The predicted octanol–water partition coefficient (Wildman–Crippen LogP) is 3.94. The molecule has 2 aromatic rings. The minimum absolute atomic E-state index is 0.222. The molecule has 0 atom stereocenters. The Bertz CT molecular complexity index is 813. The number of hydrogen-bond donors (Lipinski definition) is 0. The third-order valence-electron chi connectivity index (χ3n) is 6.22. The Kier molecular flexibility index (Phi) is 4.96. The topological polar surface area (TPSA) is 36.4 Å². The molecule has 27 heavy (non-hydrogen) atoms. The number of aromatic nitrogens is 1. The number of pyridine rings is 1. The molecule has 2 fully saturated rings. The lowest BCUT2D eigenvalue weighted by Gasteiger charge is -2.46. The van der Waals surface area contributed by atoms with Crippen LogP contribution in [-0.4, -0.2) is 35.4 Å². The number of anilines is 1. The van der Waals surface area contributed by atoms with Crippen LogP contribution in [0.3, 0.4) is 0 Å². The van der Waals surface area contributed by atoms with Gasteiger partial charge in [0, 0.05) is 31.2 Å². The summed E-state index contributed by atoms with van der Waals surface area (Å²) in [7, 11) is 0. The van der Waals surface area contributed by atoms with E-state index in [2.05, 4.69) is 22.9 Å². The Morgan fingerprint density at radius 1 is 1.07 bits per heavy atom. The monoisotopic (exact) mass is 367 g/mol. The van der Waals surface area contributed by atoms with Crippen LogP contribution in [0.2, 0.25) is 0 Å². The van der Waals surface area contributed by atoms with E-state index in [4.69, 9.17) is 0 Å². The van der Waals surface area contributed by atoms with Crippen molar-refractivity contribution in [2.75, 3.05) is 24.5 Å². The second-order valence-corrected chi connectivity index (χ2v) is 7.90. The van der Waals surface area contributed by atoms with Crippen molar-refractivity contribution in [1.82, 2.24) is 9.88 Å². The lowest BCUT2D eigenvalue weighted by molar-refractivity contribution is -0.133. The summed E-state index contributed by atoms with van der Waals surface area (Å²) in [6.45, 7) is 5.61. The maximum absolute atomic E-state index is 13.3. The fourth-order valence-electron chi connectivity index (χ4n) is 4.46. The maximum Gasteiger partial charge on any atom is 0.233 e. The lowest BCUT2D eigenvalue weighted by Crippen LogP contribution is -2.53. The van der Waals surface area contributed by atoms with Gasteiger partial charge in [-0.15, -0.1) is 0 Å². The van der Waals surface area contributed by atoms with E-state index in [9.17, 15) is 9.18 Å². The SMILES string of the molecule is Cc1cnccc1CN1CCC2(CCCN(c3ccc(F)cc3)C2=O)CC1. The van der Waals surface area contributed by atoms with Gasteiger partial charge in [0.1, 0.15) is 5.82 Å². The van der Waals surface area contributed by atoms with Crippen molar-refractivity contribution >= 4 is 11.6 Å². The molecular formula is C22H26FN3O. The molecule has 4 nitrogen and oxygen atoms in total. The van der Waals surface area contributed by atoms with Gasteiger partial charge in [-0.3, -0.25) is 14.7 Å². The Balaban J connectivity index is 1.44. The molecular weight excluding hydrogens is 341 g/mol. The van der Waals surface area contributed by atoms with E-state index in [1.807, 2.05) is 17.3 Å². The number of likely N-dealkylation sites (tertiary alicyclic amines) is 1. The first-order chi connectivity index (χ1) is 13.1. The van der Waals surface area contributed by atoms with E-state index in [0.717, 1.165) is 57.5 Å². The molecule has 0 saturated carbocycles. The number of aryl methyl sites for hydroxylation is 1. The molecule has 5 heteroatoms. The molecule has 0 aliphatic carbocycles. The number of benzene rings is 1. The van der Waals surface area contributed by atoms with Crippen LogP contribution >= 0.6 is 0 Å². The largest absolute Gasteiger partial charge is 0.312 e. The van der Waals surface area contributed by atoms with Crippen LogP contribution in [0.15, 0.2) is 42.7 Å². The summed E-state index contributed by atoms with van der Waals surface area (Å²) >= 11 is 0. The van der Waals surface area contributed by atoms with Gasteiger partial charge >= 0.3 is 0 Å². The minimum Gasteiger partial charge on any atom is -0.312 e. The molecule has 1 aromatic heterocycles. The highest BCUT2D eigenvalue weighted by Gasteiger charge is 2.45. The molecule has 2 saturated heterocycles. The maximum atomic E-state index is 13.3. The van der Waals surface area contributed by atoms with E-state index in [-0.39, 0.29) is 17.1 Å². The number of carbonyl (C=O) groups is 1. The number of piperidine rings is 2. The van der Waals surface area contributed by atoms with Crippen molar-refractivity contribution in [2.45, 2.75) is 39.2 Å². The molecule has 0 N–H and O–H groups in total. The Hall–Kier alpha value is -2.27. The van der Waals surface area contributed by atoms with Crippen LogP contribution in [0.5, 0.6) is 0 Å². The van der Waals surface area contributed by atoms with Gasteiger partial charge in [-0.2, -0.15) is 0 Å². The number of hydrogen-bond acceptors (Lipinski definition) is 3. The predicted molar refractivity (Wildman–Crippen MR) is 104 cm³/mol. The molecule has 0 radical (unpaired) electrons. The van der Waals surface area contributed by atoms with E-state index in [1.165, 1.54) is 23.3 Å². The molecule has 142 valence electrons. The zero-order chi connectivity index (χ0) is 18.9. The highest BCUT2D eigenvalue weighted by atomic mass is 19.1. The highest BCUT2D eigenvalue weighted by molar-refractivity contribution is 5.98. The van der Waals surface area contributed by atoms with Crippen molar-refractivity contribution in [1.29, 1.82) is 0 Å². The van der Waals surface area contributed by atoms with Gasteiger partial charge in [0.05, 0.1) is 5.41 Å². The fraction of sp³-hybridized carbons (Fsp3) is 0.455. The number of halogens is 1. The smallest absolute Gasteiger partial charge is 0.233 e. The van der Waals surface area contributed by atoms with Crippen LogP contribution in [0, 0.1) is 18.2 Å². The molecule has 2 aliphatic rings. The normalized spacial score (nSPS) is 20.2. The Morgan fingerprint density at radius 3 is 2.52 bits per heavy atom. The summed E-state index contributed by atoms with van der Waals surface area (Å²) in [6.07, 6.45) is 7.52. The molecule has 2 aliphatic heterocycles. The molecule has 0 bridgehead atoms. The Morgan fingerprint density at radius 2 is 1.81 bits per heavy atom. The summed E-state index contributed by atoms with van der Waals surface area (Å²) in [6, 6.07) is 8.38. The summed E-state index contributed by atoms with van der Waals surface area (Å²) in [5.74, 6) is -0.0438. The first-order valence-corrected chi connectivity index (χ1v) is 9.77. The number of nitrogens with zero attached hydrogens (tertiary/aromatic N) is 3. The van der Waals surface area contributed by atoms with Crippen molar-refractivity contribution < 1.29 is 9.18 Å². The van der Waals surface area contributed by atoms with Crippen LogP contribution in [-0.2, 0) is 11.3 Å². The molecule has 4 rings (SSSR count). The van der Waals surface area contributed by atoms with Gasteiger partial charge < -0.3 is 4.90 Å². The summed E-state index contributed by atoms with van der Waals surface area (Å²) in [5.41, 5.74) is 3.09. The van der Waals surface area contributed by atoms with Gasteiger partial charge in [-0.1, -0.05) is 0 Å². The number of amides is 1. The summed E-state index contributed by atoms with van der Waals surface area (Å²) < 4.78 is 13.2. The van der Waals surface area contributed by atoms with Crippen LogP contribution < -0.4 is 4.90 Å². The van der Waals surface area contributed by atoms with Crippen molar-refractivity contribution in [3.8, 4) is 0 Å². The zero-order valence-electron chi connectivity index (χ0n) is 15.8. The van der Waals surface area contributed by atoms with Gasteiger partial charge in [0.15, 0.2) is 0 Å². The van der Waals surface area contributed by atoms with Crippen molar-refractivity contribution in [3.05, 3.63) is 59.7 Å². The van der Waals surface area contributed by atoms with Crippen LogP contribution in [0.25, 0.3) is 0 Å². The van der Waals surface area contributed by atoms with Gasteiger partial charge in [-0.05, 0) is 87.2 Å². The molecule has 3 heterocycles. The molecule has 1 spiro atoms. The average Bonchev–Trinajstić information content (AvgIpc) is 2.68. The number of carbonyl (C=O) groups excluding carboxylic acids is 1. The lowest BCUT2D eigenvalue weighted by atomic mass is 9.71. The number of rotatable bonds is 3. The molecule has 0 unspecified atom stereocenters. The van der Waals surface area contributed by atoms with E-state index >= 15 is 0 Å². The summed E-state index contributed by atoms with van der Waals surface area (Å²) in [4.78, 5) is 21.8. The molecule has 1 aromatic carbocycles. The van der Waals surface area contributed by atoms with Gasteiger partial charge in [0.2, 0.25) is 5.91 Å². The Labute approximate surface area is 160 Å². The first-order valence-electron chi connectivity index (χ1n) is 9.77. The van der Waals surface area contributed by atoms with Crippen LogP contribution in [0.1, 0.15) is 36.8 Å². The van der Waals surface area contributed by atoms with Crippen LogP contribution in [0.4, 0.5) is 10.1 Å². The summed E-state index contributed by atoms with van der Waals surface area (Å²) in [5, 5.41) is 0. The van der Waals surface area contributed by atoms with E-state index in [1.54, 1.807) is 12.1 Å². The quantitative estimate of drug-likeness (QED) is 0.824. The third kappa shape index (κ3) is 3.61. The van der Waals surface area contributed by atoms with E-state index < -0.39 is 0 Å². The third-order valence-corrected chi connectivity index (χ3v) is 6.22. The highest BCUT2D eigenvalue weighted by Crippen LogP contribution is 2.42. The minimum atomic E-state index is -0.266. The van der Waals surface area contributed by atoms with E-state index in [0.29, 0.717) is 0 Å². The average molecular weight is 367 g/mol. The first kappa shape index (κ1) is 18.1. The van der Waals surface area contributed by atoms with Crippen molar-refractivity contribution in [2.24, 2.45) is 5.41 Å². The standard InChI is InChI=1S/C22H26FN3O/c1-17-15-24-11-7-18(17)16-25-13-9-22(10-14-25)8-2-12-26(21(22)27)20-5-3-19(23)4-6-20/h3-7,11,15H,2,8-10,12-14,16H2,1H3. The van der Waals surface area contributed by atoms with Crippen molar-refractivity contribution in [3.63, 3.8) is 0 Å². The van der Waals surface area contributed by atoms with Gasteiger partial charge in [0.25, 0.3) is 0 Å². The zero-order valence-corrected chi connectivity index (χ0v) is 15.8. The molecule has 1 amide bonds. The fourth-order valence-corrected chi connectivity index (χ4v) is 4.46.